The predicted molar refractivity (Wildman–Crippen MR) is 26.1 cm³/mol. The smallest absolute Gasteiger partial charge is 0.265 e. The maximum atomic E-state index is 11.3. The van der Waals surface area contributed by atoms with Gasteiger partial charge >= 0.3 is 0 Å². The standard InChI is InChI=1S/C4H7F2NO2/c5-4(6)3(9)1-7-2-8/h2-4,9H,1H2,(H,7,8). The monoisotopic (exact) mass is 139 g/mol. The van der Waals surface area contributed by atoms with Gasteiger partial charge in [-0.1, -0.05) is 0 Å². The summed E-state index contributed by atoms with van der Waals surface area (Å²) < 4.78 is 22.7. The lowest BCUT2D eigenvalue weighted by molar-refractivity contribution is -0.110. The number of hydrogen-bond donors (Lipinski definition) is 2. The van der Waals surface area contributed by atoms with Crippen molar-refractivity contribution in [1.82, 2.24) is 5.32 Å². The van der Waals surface area contributed by atoms with E-state index < -0.39 is 19.1 Å². The molecule has 0 aliphatic rings. The van der Waals surface area contributed by atoms with E-state index in [1.165, 1.54) is 0 Å². The van der Waals surface area contributed by atoms with Gasteiger partial charge in [0.2, 0.25) is 6.41 Å². The highest BCUT2D eigenvalue weighted by atomic mass is 19.3. The number of carbonyl (C=O) groups excluding carboxylic acids is 1. The third kappa shape index (κ3) is 3.84. The fraction of sp³-hybridized carbons (Fsp3) is 0.750. The van der Waals surface area contributed by atoms with Gasteiger partial charge in [-0.3, -0.25) is 4.79 Å². The minimum Gasteiger partial charge on any atom is -0.385 e. The van der Waals surface area contributed by atoms with Crippen molar-refractivity contribution >= 4 is 6.41 Å². The first-order valence-corrected chi connectivity index (χ1v) is 2.31. The van der Waals surface area contributed by atoms with Gasteiger partial charge < -0.3 is 10.4 Å². The van der Waals surface area contributed by atoms with Crippen LogP contribution < -0.4 is 5.32 Å². The normalized spacial score (nSPS) is 13.3. The zero-order chi connectivity index (χ0) is 7.28. The maximum absolute atomic E-state index is 11.3. The summed E-state index contributed by atoms with van der Waals surface area (Å²) in [5, 5.41) is 10.2. The molecule has 0 aliphatic heterocycles. The highest BCUT2D eigenvalue weighted by molar-refractivity contribution is 5.45. The van der Waals surface area contributed by atoms with E-state index in [9.17, 15) is 13.6 Å². The molecule has 5 heteroatoms. The van der Waals surface area contributed by atoms with Crippen molar-refractivity contribution in [1.29, 1.82) is 0 Å². The minimum atomic E-state index is -2.79. The van der Waals surface area contributed by atoms with E-state index in [0.717, 1.165) is 0 Å². The lowest BCUT2D eigenvalue weighted by Crippen LogP contribution is -2.31. The number of aliphatic hydroxyl groups excluding tert-OH is 1. The van der Waals surface area contributed by atoms with Gasteiger partial charge in [0.1, 0.15) is 6.10 Å². The second kappa shape index (κ2) is 4.20. The fourth-order valence-electron chi connectivity index (χ4n) is 0.258. The lowest BCUT2D eigenvalue weighted by Gasteiger charge is -2.06. The zero-order valence-electron chi connectivity index (χ0n) is 4.55. The van der Waals surface area contributed by atoms with Crippen molar-refractivity contribution in [2.75, 3.05) is 6.54 Å². The summed E-state index contributed by atoms with van der Waals surface area (Å²) >= 11 is 0. The van der Waals surface area contributed by atoms with Crippen LogP contribution in [0.25, 0.3) is 0 Å². The second-order valence-corrected chi connectivity index (χ2v) is 1.43. The summed E-state index contributed by atoms with van der Waals surface area (Å²) in [7, 11) is 0. The van der Waals surface area contributed by atoms with E-state index in [1.807, 2.05) is 5.32 Å². The summed E-state index contributed by atoms with van der Waals surface area (Å²) in [4.78, 5) is 9.46. The van der Waals surface area contributed by atoms with Gasteiger partial charge in [0, 0.05) is 6.54 Å². The summed E-state index contributed by atoms with van der Waals surface area (Å²) in [6.07, 6.45) is -4.29. The first kappa shape index (κ1) is 8.29. The van der Waals surface area contributed by atoms with Gasteiger partial charge in [-0.15, -0.1) is 0 Å². The molecule has 1 amide bonds. The largest absolute Gasteiger partial charge is 0.385 e. The molecule has 0 aromatic rings. The maximum Gasteiger partial charge on any atom is 0.265 e. The number of nitrogens with one attached hydrogen (secondary N) is 1. The molecule has 0 spiro atoms. The van der Waals surface area contributed by atoms with Gasteiger partial charge in [0.15, 0.2) is 0 Å². The number of rotatable bonds is 4. The Kier molecular flexibility index (Phi) is 3.87. The number of aliphatic hydroxyl groups is 1. The Balaban J connectivity index is 3.26. The average Bonchev–Trinajstić information content (AvgIpc) is 1.82. The Morgan fingerprint density at radius 2 is 2.22 bits per heavy atom. The molecule has 0 rings (SSSR count). The highest BCUT2D eigenvalue weighted by Gasteiger charge is 2.14. The lowest BCUT2D eigenvalue weighted by atomic mass is 10.4. The van der Waals surface area contributed by atoms with Crippen LogP contribution in [0.5, 0.6) is 0 Å². The molecular weight excluding hydrogens is 132 g/mol. The summed E-state index contributed by atoms with van der Waals surface area (Å²) in [6, 6.07) is 0. The van der Waals surface area contributed by atoms with E-state index in [1.54, 1.807) is 0 Å². The van der Waals surface area contributed by atoms with Crippen molar-refractivity contribution in [3.05, 3.63) is 0 Å². The number of amides is 1. The van der Waals surface area contributed by atoms with E-state index in [0.29, 0.717) is 0 Å². The van der Waals surface area contributed by atoms with Crippen molar-refractivity contribution in [3.63, 3.8) is 0 Å². The molecule has 0 aromatic carbocycles. The molecule has 2 N–H and O–H groups in total. The molecule has 1 atom stereocenters. The Hall–Kier alpha value is -0.710. The van der Waals surface area contributed by atoms with Crippen molar-refractivity contribution in [2.45, 2.75) is 12.5 Å². The predicted octanol–water partition coefficient (Wildman–Crippen LogP) is -0.642. The minimum absolute atomic E-state index is 0.256. The van der Waals surface area contributed by atoms with Crippen LogP contribution in [0.15, 0.2) is 0 Å². The highest BCUT2D eigenvalue weighted by Crippen LogP contribution is 1.97. The van der Waals surface area contributed by atoms with Gasteiger partial charge in [-0.2, -0.15) is 0 Å². The van der Waals surface area contributed by atoms with E-state index in [-0.39, 0.29) is 6.41 Å². The molecule has 0 bridgehead atoms. The Labute approximate surface area is 50.7 Å². The van der Waals surface area contributed by atoms with E-state index in [2.05, 4.69) is 0 Å². The molecule has 0 fully saturated rings. The molecule has 0 saturated heterocycles. The molecule has 54 valence electrons. The van der Waals surface area contributed by atoms with Crippen LogP contribution in [-0.4, -0.2) is 30.6 Å². The van der Waals surface area contributed by atoms with Crippen LogP contribution in [0, 0.1) is 0 Å². The first-order chi connectivity index (χ1) is 4.18. The topological polar surface area (TPSA) is 49.3 Å². The molecule has 3 nitrogen and oxygen atoms in total. The summed E-state index contributed by atoms with van der Waals surface area (Å²) in [6.45, 7) is -0.402. The van der Waals surface area contributed by atoms with Crippen LogP contribution in [0.3, 0.4) is 0 Å². The average molecular weight is 139 g/mol. The second-order valence-electron chi connectivity index (χ2n) is 1.43. The van der Waals surface area contributed by atoms with Gasteiger partial charge in [0.05, 0.1) is 0 Å². The molecule has 0 radical (unpaired) electrons. The third-order valence-electron chi connectivity index (χ3n) is 0.701. The summed E-state index contributed by atoms with van der Waals surface area (Å²) in [5.41, 5.74) is 0. The number of carbonyl (C=O) groups is 1. The zero-order valence-corrected chi connectivity index (χ0v) is 4.55. The Bertz CT molecular complexity index is 88.6. The number of halogens is 2. The molecule has 0 saturated carbocycles. The Morgan fingerprint density at radius 3 is 2.56 bits per heavy atom. The quantitative estimate of drug-likeness (QED) is 0.509. The van der Waals surface area contributed by atoms with E-state index in [4.69, 9.17) is 5.11 Å². The first-order valence-electron chi connectivity index (χ1n) is 2.31. The van der Waals surface area contributed by atoms with Crippen molar-refractivity contribution < 1.29 is 18.7 Å². The Morgan fingerprint density at radius 1 is 1.67 bits per heavy atom. The van der Waals surface area contributed by atoms with Gasteiger partial charge in [-0.05, 0) is 0 Å². The van der Waals surface area contributed by atoms with Crippen LogP contribution in [0.4, 0.5) is 8.78 Å². The van der Waals surface area contributed by atoms with E-state index >= 15 is 0 Å². The van der Waals surface area contributed by atoms with Crippen LogP contribution in [-0.2, 0) is 4.79 Å². The van der Waals surface area contributed by atoms with Gasteiger partial charge in [0.25, 0.3) is 6.43 Å². The van der Waals surface area contributed by atoms with Crippen LogP contribution in [0.2, 0.25) is 0 Å². The SMILES string of the molecule is O=CNCC(O)C(F)F. The van der Waals surface area contributed by atoms with Crippen molar-refractivity contribution in [2.24, 2.45) is 0 Å². The van der Waals surface area contributed by atoms with Crippen molar-refractivity contribution in [3.8, 4) is 0 Å². The fourth-order valence-corrected chi connectivity index (χ4v) is 0.258. The molecule has 0 heterocycles. The van der Waals surface area contributed by atoms with Crippen LogP contribution in [0.1, 0.15) is 0 Å². The van der Waals surface area contributed by atoms with Gasteiger partial charge in [-0.25, -0.2) is 8.78 Å². The third-order valence-corrected chi connectivity index (χ3v) is 0.701. The molecular formula is C4H7F2NO2. The number of hydrogen-bond acceptors (Lipinski definition) is 2. The molecule has 0 aliphatic carbocycles. The molecule has 1 unspecified atom stereocenters. The summed E-state index contributed by atoms with van der Waals surface area (Å²) in [5.74, 6) is 0. The number of alkyl halides is 2. The molecule has 0 aromatic heterocycles. The molecule has 9 heavy (non-hydrogen) atoms. The van der Waals surface area contributed by atoms with Crippen LogP contribution >= 0.6 is 0 Å².